The van der Waals surface area contributed by atoms with E-state index >= 15 is 0 Å². The predicted octanol–water partition coefficient (Wildman–Crippen LogP) is 3.92. The molecule has 1 spiro atoms. The highest BCUT2D eigenvalue weighted by Crippen LogP contribution is 2.72. The molecule has 2 heteroatoms. The summed E-state index contributed by atoms with van der Waals surface area (Å²) in [7, 11) is 0. The van der Waals surface area contributed by atoms with Crippen LogP contribution in [0.3, 0.4) is 0 Å². The van der Waals surface area contributed by atoms with E-state index in [0.717, 1.165) is 17.8 Å². The van der Waals surface area contributed by atoms with E-state index in [2.05, 4.69) is 38.9 Å². The van der Waals surface area contributed by atoms with Crippen molar-refractivity contribution in [2.45, 2.75) is 58.3 Å². The third kappa shape index (κ3) is 1.15. The van der Waals surface area contributed by atoms with Gasteiger partial charge in [-0.2, -0.15) is 0 Å². The molecule has 0 amide bonds. The summed E-state index contributed by atoms with van der Waals surface area (Å²) in [6.45, 7) is 9.88. The maximum atomic E-state index is 4.79. The van der Waals surface area contributed by atoms with Gasteiger partial charge in [0.2, 0.25) is 0 Å². The number of rotatable bonds is 0. The monoisotopic (exact) mass is 256 g/mol. The molecule has 3 aliphatic carbocycles. The van der Waals surface area contributed by atoms with E-state index in [1.165, 1.54) is 30.5 Å². The molecule has 19 heavy (non-hydrogen) atoms. The Balaban J connectivity index is 2.02. The maximum Gasteiger partial charge on any atom is 0.115 e. The second-order valence-electron chi connectivity index (χ2n) is 7.82. The minimum atomic E-state index is 0.360. The lowest BCUT2D eigenvalue weighted by Crippen LogP contribution is -2.37. The van der Waals surface area contributed by atoms with Crippen molar-refractivity contribution in [3.8, 4) is 0 Å². The van der Waals surface area contributed by atoms with Crippen LogP contribution in [-0.4, -0.2) is 9.97 Å². The summed E-state index contributed by atoms with van der Waals surface area (Å²) < 4.78 is 0. The van der Waals surface area contributed by atoms with Crippen molar-refractivity contribution in [3.63, 3.8) is 0 Å². The molecule has 2 saturated carbocycles. The highest BCUT2D eigenvalue weighted by atomic mass is 14.9. The summed E-state index contributed by atoms with van der Waals surface area (Å²) in [5, 5.41) is 0. The van der Waals surface area contributed by atoms with Crippen LogP contribution in [0.25, 0.3) is 0 Å². The number of fused-ring (bicyclic) bond motifs is 2. The molecular formula is C17H24N2. The molecule has 0 aromatic carbocycles. The fraction of sp³-hybridized carbons (Fsp3) is 0.765. The van der Waals surface area contributed by atoms with Crippen LogP contribution in [0.5, 0.6) is 0 Å². The first-order valence-electron chi connectivity index (χ1n) is 7.80. The molecule has 2 bridgehead atoms. The summed E-state index contributed by atoms with van der Waals surface area (Å²) in [5.41, 5.74) is 3.67. The van der Waals surface area contributed by atoms with Crippen LogP contribution in [0.1, 0.15) is 64.1 Å². The number of hydrogen-bond acceptors (Lipinski definition) is 2. The van der Waals surface area contributed by atoms with E-state index in [-0.39, 0.29) is 0 Å². The largest absolute Gasteiger partial charge is 0.245 e. The van der Waals surface area contributed by atoms with Gasteiger partial charge in [0.05, 0.1) is 5.69 Å². The van der Waals surface area contributed by atoms with Crippen LogP contribution in [0, 0.1) is 23.2 Å². The summed E-state index contributed by atoms with van der Waals surface area (Å²) in [4.78, 5) is 9.10. The third-order valence-corrected chi connectivity index (χ3v) is 7.08. The van der Waals surface area contributed by atoms with Crippen molar-refractivity contribution in [3.05, 3.63) is 23.8 Å². The Morgan fingerprint density at radius 2 is 2.00 bits per heavy atom. The second-order valence-corrected chi connectivity index (χ2v) is 7.82. The van der Waals surface area contributed by atoms with Crippen LogP contribution in [-0.2, 0) is 5.41 Å². The molecule has 1 aromatic rings. The Labute approximate surface area is 116 Å². The molecule has 0 aliphatic heterocycles. The zero-order valence-electron chi connectivity index (χ0n) is 12.5. The molecule has 5 atom stereocenters. The average molecular weight is 256 g/mol. The lowest BCUT2D eigenvalue weighted by Gasteiger charge is -2.40. The van der Waals surface area contributed by atoms with Gasteiger partial charge in [-0.25, -0.2) is 9.97 Å². The van der Waals surface area contributed by atoms with Crippen molar-refractivity contribution >= 4 is 0 Å². The van der Waals surface area contributed by atoms with E-state index in [4.69, 9.17) is 4.98 Å². The molecule has 2 nitrogen and oxygen atoms in total. The Kier molecular flexibility index (Phi) is 2.12. The van der Waals surface area contributed by atoms with Gasteiger partial charge < -0.3 is 0 Å². The Hall–Kier alpha value is -0.920. The van der Waals surface area contributed by atoms with Crippen molar-refractivity contribution in [2.24, 2.45) is 23.2 Å². The van der Waals surface area contributed by atoms with E-state index in [1.54, 1.807) is 6.33 Å². The van der Waals surface area contributed by atoms with Crippen molar-refractivity contribution in [1.29, 1.82) is 0 Å². The Morgan fingerprint density at radius 3 is 2.79 bits per heavy atom. The molecule has 1 aromatic heterocycles. The Morgan fingerprint density at radius 1 is 1.21 bits per heavy atom. The number of hydrogen-bond donors (Lipinski definition) is 0. The summed E-state index contributed by atoms with van der Waals surface area (Å²) >= 11 is 0. The smallest absolute Gasteiger partial charge is 0.115 e. The van der Waals surface area contributed by atoms with Gasteiger partial charge in [0, 0.05) is 11.6 Å². The zero-order valence-corrected chi connectivity index (χ0v) is 12.5. The van der Waals surface area contributed by atoms with Gasteiger partial charge in [-0.1, -0.05) is 27.7 Å². The van der Waals surface area contributed by atoms with E-state index < -0.39 is 0 Å². The first kappa shape index (κ1) is 11.9. The minimum Gasteiger partial charge on any atom is -0.245 e. The van der Waals surface area contributed by atoms with Crippen molar-refractivity contribution in [1.82, 2.24) is 9.97 Å². The normalized spacial score (nSPS) is 45.9. The van der Waals surface area contributed by atoms with Crippen molar-refractivity contribution < 1.29 is 0 Å². The molecule has 1 heterocycles. The molecular weight excluding hydrogens is 232 g/mol. The zero-order chi connectivity index (χ0) is 13.4. The van der Waals surface area contributed by atoms with Gasteiger partial charge in [0.25, 0.3) is 0 Å². The molecule has 4 rings (SSSR count). The highest BCUT2D eigenvalue weighted by Gasteiger charge is 2.67. The number of aromatic nitrogens is 2. The fourth-order valence-electron chi connectivity index (χ4n) is 6.14. The van der Waals surface area contributed by atoms with Crippen molar-refractivity contribution in [2.75, 3.05) is 0 Å². The summed E-state index contributed by atoms with van der Waals surface area (Å²) in [6, 6.07) is 0. The first-order valence-corrected chi connectivity index (χ1v) is 7.80. The van der Waals surface area contributed by atoms with E-state index in [0.29, 0.717) is 16.7 Å². The van der Waals surface area contributed by atoms with Gasteiger partial charge in [-0.05, 0) is 53.9 Å². The van der Waals surface area contributed by atoms with Gasteiger partial charge in [-0.15, -0.1) is 0 Å². The molecule has 102 valence electrons. The molecule has 0 N–H and O–H groups in total. The average Bonchev–Trinajstić information content (AvgIpc) is 2.82. The van der Waals surface area contributed by atoms with Gasteiger partial charge in [-0.3, -0.25) is 0 Å². The lowest BCUT2D eigenvalue weighted by molar-refractivity contribution is 0.160. The summed E-state index contributed by atoms with van der Waals surface area (Å²) in [5.74, 6) is 3.02. The van der Waals surface area contributed by atoms with Crippen LogP contribution < -0.4 is 0 Å². The molecule has 2 fully saturated rings. The van der Waals surface area contributed by atoms with Crippen LogP contribution in [0.15, 0.2) is 12.5 Å². The van der Waals surface area contributed by atoms with E-state index in [1.807, 2.05) is 0 Å². The first-order chi connectivity index (χ1) is 8.99. The van der Waals surface area contributed by atoms with Gasteiger partial charge in [0.15, 0.2) is 0 Å². The quantitative estimate of drug-likeness (QED) is 0.703. The minimum absolute atomic E-state index is 0.360. The van der Waals surface area contributed by atoms with E-state index in [9.17, 15) is 0 Å². The second kappa shape index (κ2) is 3.39. The molecule has 0 saturated heterocycles. The molecule has 3 aliphatic rings. The highest BCUT2D eigenvalue weighted by molar-refractivity contribution is 5.40. The van der Waals surface area contributed by atoms with Gasteiger partial charge in [0.1, 0.15) is 6.33 Å². The van der Waals surface area contributed by atoms with Crippen LogP contribution >= 0.6 is 0 Å². The molecule has 0 radical (unpaired) electrons. The topological polar surface area (TPSA) is 25.8 Å². The lowest BCUT2D eigenvalue weighted by atomic mass is 9.65. The van der Waals surface area contributed by atoms with Crippen LogP contribution in [0.4, 0.5) is 0 Å². The third-order valence-electron chi connectivity index (χ3n) is 7.08. The fourth-order valence-corrected chi connectivity index (χ4v) is 6.14. The van der Waals surface area contributed by atoms with Gasteiger partial charge >= 0.3 is 0 Å². The van der Waals surface area contributed by atoms with Crippen LogP contribution in [0.2, 0.25) is 0 Å². The number of nitrogens with zero attached hydrogens (tertiary/aromatic N) is 2. The summed E-state index contributed by atoms with van der Waals surface area (Å²) in [6.07, 6.45) is 7.99. The molecule has 5 unspecified atom stereocenters. The Bertz CT molecular complexity index is 536. The SMILES string of the molecule is CC1c2cncnc2C23CC1C(C)(C)C2CCC3C. The maximum absolute atomic E-state index is 4.79. The predicted molar refractivity (Wildman–Crippen MR) is 75.9 cm³/mol. The standard InChI is InChI=1S/C17H24N2/c1-10-5-6-14-16(3,4)13-7-17(10,14)15-12(11(13)2)8-18-9-19-15/h8-11,13-14H,5-7H2,1-4H3.